The van der Waals surface area contributed by atoms with Gasteiger partial charge in [0.15, 0.2) is 0 Å². The third kappa shape index (κ3) is 4.26. The van der Waals surface area contributed by atoms with Gasteiger partial charge in [0.2, 0.25) is 5.91 Å². The third-order valence-corrected chi connectivity index (χ3v) is 3.39. The summed E-state index contributed by atoms with van der Waals surface area (Å²) in [5, 5.41) is 3.01. The van der Waals surface area contributed by atoms with Crippen molar-refractivity contribution >= 4 is 17.5 Å². The molecule has 0 aliphatic rings. The van der Waals surface area contributed by atoms with Crippen molar-refractivity contribution < 1.29 is 13.6 Å². The van der Waals surface area contributed by atoms with E-state index in [1.54, 1.807) is 19.1 Å². The van der Waals surface area contributed by atoms with Crippen LogP contribution < -0.4 is 5.32 Å². The molecule has 1 amide bonds. The van der Waals surface area contributed by atoms with Crippen LogP contribution in [0.5, 0.6) is 0 Å². The summed E-state index contributed by atoms with van der Waals surface area (Å²) in [7, 11) is 0. The molecular formula is C16H14ClF2NO. The van der Waals surface area contributed by atoms with Crippen molar-refractivity contribution in [3.8, 4) is 0 Å². The van der Waals surface area contributed by atoms with Crippen molar-refractivity contribution in [3.05, 3.63) is 70.2 Å². The number of hydrogen-bond donors (Lipinski definition) is 1. The van der Waals surface area contributed by atoms with E-state index in [1.807, 2.05) is 0 Å². The van der Waals surface area contributed by atoms with Crippen LogP contribution in [0, 0.1) is 11.6 Å². The molecule has 0 fully saturated rings. The van der Waals surface area contributed by atoms with Crippen LogP contribution in [0.15, 0.2) is 42.5 Å². The average Bonchev–Trinajstić information content (AvgIpc) is 2.38. The SMILES string of the molecule is CC(NC(=O)Cc1cccc(F)c1)c1ccc(F)cc1Cl. The number of benzene rings is 2. The second-order valence-electron chi connectivity index (χ2n) is 4.76. The molecule has 0 aliphatic carbocycles. The maximum atomic E-state index is 13.1. The Bertz CT molecular complexity index is 660. The van der Waals surface area contributed by atoms with Crippen LogP contribution in [-0.4, -0.2) is 5.91 Å². The number of halogens is 3. The maximum Gasteiger partial charge on any atom is 0.224 e. The Labute approximate surface area is 126 Å². The molecule has 0 saturated heterocycles. The van der Waals surface area contributed by atoms with Crippen LogP contribution in [-0.2, 0) is 11.2 Å². The smallest absolute Gasteiger partial charge is 0.224 e. The predicted molar refractivity (Wildman–Crippen MR) is 78.1 cm³/mol. The molecule has 0 bridgehead atoms. The van der Waals surface area contributed by atoms with Crippen molar-refractivity contribution in [2.45, 2.75) is 19.4 Å². The van der Waals surface area contributed by atoms with E-state index in [4.69, 9.17) is 11.6 Å². The number of rotatable bonds is 4. The van der Waals surface area contributed by atoms with Gasteiger partial charge >= 0.3 is 0 Å². The third-order valence-electron chi connectivity index (χ3n) is 3.06. The summed E-state index contributed by atoms with van der Waals surface area (Å²) < 4.78 is 26.0. The minimum absolute atomic E-state index is 0.0704. The lowest BCUT2D eigenvalue weighted by atomic mass is 10.1. The first-order valence-corrected chi connectivity index (χ1v) is 6.82. The molecule has 1 unspecified atom stereocenters. The highest BCUT2D eigenvalue weighted by atomic mass is 35.5. The molecular weight excluding hydrogens is 296 g/mol. The fourth-order valence-corrected chi connectivity index (χ4v) is 2.39. The fourth-order valence-electron chi connectivity index (χ4n) is 2.06. The Morgan fingerprint density at radius 3 is 2.57 bits per heavy atom. The summed E-state index contributed by atoms with van der Waals surface area (Å²) in [5.74, 6) is -1.06. The monoisotopic (exact) mass is 309 g/mol. The second-order valence-corrected chi connectivity index (χ2v) is 5.17. The van der Waals surface area contributed by atoms with Gasteiger partial charge in [0.1, 0.15) is 11.6 Å². The molecule has 2 aromatic carbocycles. The Hall–Kier alpha value is -1.94. The Balaban J connectivity index is 2.02. The number of carbonyl (C=O) groups is 1. The van der Waals surface area contributed by atoms with Crippen LogP contribution in [0.1, 0.15) is 24.1 Å². The van der Waals surface area contributed by atoms with Gasteiger partial charge < -0.3 is 5.32 Å². The van der Waals surface area contributed by atoms with Crippen molar-refractivity contribution in [1.82, 2.24) is 5.32 Å². The highest BCUT2D eigenvalue weighted by Crippen LogP contribution is 2.23. The van der Waals surface area contributed by atoms with Gasteiger partial charge in [0.05, 0.1) is 12.5 Å². The van der Waals surface area contributed by atoms with Gasteiger partial charge in [0, 0.05) is 5.02 Å². The average molecular weight is 310 g/mol. The fraction of sp³-hybridized carbons (Fsp3) is 0.188. The number of carbonyl (C=O) groups excluding carboxylic acids is 1. The standard InChI is InChI=1S/C16H14ClF2NO/c1-10(14-6-5-13(19)9-15(14)17)20-16(21)8-11-3-2-4-12(18)7-11/h2-7,9-10H,8H2,1H3,(H,20,21). The zero-order chi connectivity index (χ0) is 15.4. The minimum Gasteiger partial charge on any atom is -0.349 e. The van der Waals surface area contributed by atoms with E-state index in [2.05, 4.69) is 5.32 Å². The number of amides is 1. The first-order valence-electron chi connectivity index (χ1n) is 6.44. The zero-order valence-corrected chi connectivity index (χ0v) is 12.1. The molecule has 1 atom stereocenters. The van der Waals surface area contributed by atoms with Crippen LogP contribution in [0.2, 0.25) is 5.02 Å². The van der Waals surface area contributed by atoms with Gasteiger partial charge in [-0.2, -0.15) is 0 Å². The lowest BCUT2D eigenvalue weighted by molar-refractivity contribution is -0.121. The van der Waals surface area contributed by atoms with E-state index >= 15 is 0 Å². The van der Waals surface area contributed by atoms with Crippen molar-refractivity contribution in [2.24, 2.45) is 0 Å². The van der Waals surface area contributed by atoms with Crippen molar-refractivity contribution in [3.63, 3.8) is 0 Å². The van der Waals surface area contributed by atoms with Crippen LogP contribution >= 0.6 is 11.6 Å². The van der Waals surface area contributed by atoms with Gasteiger partial charge in [-0.25, -0.2) is 8.78 Å². The molecule has 0 aromatic heterocycles. The van der Waals surface area contributed by atoms with Gasteiger partial charge in [-0.05, 0) is 42.3 Å². The van der Waals surface area contributed by atoms with E-state index in [0.29, 0.717) is 11.1 Å². The quantitative estimate of drug-likeness (QED) is 0.907. The Morgan fingerprint density at radius 2 is 1.90 bits per heavy atom. The summed E-state index contributed by atoms with van der Waals surface area (Å²) in [6.45, 7) is 1.75. The topological polar surface area (TPSA) is 29.1 Å². The van der Waals surface area contributed by atoms with Crippen molar-refractivity contribution in [2.75, 3.05) is 0 Å². The molecule has 0 heterocycles. The molecule has 2 nitrogen and oxygen atoms in total. The first kappa shape index (κ1) is 15.4. The molecule has 0 aliphatic heterocycles. The molecule has 0 spiro atoms. The normalized spacial score (nSPS) is 12.0. The van der Waals surface area contributed by atoms with Crippen LogP contribution in [0.25, 0.3) is 0 Å². The Morgan fingerprint density at radius 1 is 1.19 bits per heavy atom. The number of hydrogen-bond acceptors (Lipinski definition) is 1. The van der Waals surface area contributed by atoms with E-state index in [1.165, 1.54) is 30.3 Å². The molecule has 2 rings (SSSR count). The lowest BCUT2D eigenvalue weighted by Gasteiger charge is -2.16. The summed E-state index contributed by atoms with van der Waals surface area (Å²) in [4.78, 5) is 11.9. The van der Waals surface area contributed by atoms with Crippen LogP contribution in [0.4, 0.5) is 8.78 Å². The second kappa shape index (κ2) is 6.68. The lowest BCUT2D eigenvalue weighted by Crippen LogP contribution is -2.28. The summed E-state index contributed by atoms with van der Waals surface area (Å²) in [5.41, 5.74) is 1.22. The summed E-state index contributed by atoms with van der Waals surface area (Å²) in [6.07, 6.45) is 0.0704. The summed E-state index contributed by atoms with van der Waals surface area (Å²) in [6, 6.07) is 9.53. The minimum atomic E-state index is -0.429. The van der Waals surface area contributed by atoms with Gasteiger partial charge in [-0.1, -0.05) is 29.8 Å². The van der Waals surface area contributed by atoms with E-state index in [-0.39, 0.29) is 29.2 Å². The van der Waals surface area contributed by atoms with Crippen molar-refractivity contribution in [1.29, 1.82) is 0 Å². The van der Waals surface area contributed by atoms with Crippen LogP contribution in [0.3, 0.4) is 0 Å². The van der Waals surface area contributed by atoms with E-state index in [9.17, 15) is 13.6 Å². The van der Waals surface area contributed by atoms with E-state index < -0.39 is 5.82 Å². The first-order chi connectivity index (χ1) is 9.95. The molecule has 0 radical (unpaired) electrons. The maximum absolute atomic E-state index is 13.1. The van der Waals surface area contributed by atoms with E-state index in [0.717, 1.165) is 0 Å². The highest BCUT2D eigenvalue weighted by Gasteiger charge is 2.13. The molecule has 110 valence electrons. The Kier molecular flexibility index (Phi) is 4.91. The molecule has 21 heavy (non-hydrogen) atoms. The summed E-state index contributed by atoms with van der Waals surface area (Å²) >= 11 is 5.95. The molecule has 1 N–H and O–H groups in total. The van der Waals surface area contributed by atoms with Gasteiger partial charge in [-0.3, -0.25) is 4.79 Å². The predicted octanol–water partition coefficient (Wildman–Crippen LogP) is 4.04. The largest absolute Gasteiger partial charge is 0.349 e. The highest BCUT2D eigenvalue weighted by molar-refractivity contribution is 6.31. The van der Waals surface area contributed by atoms with Gasteiger partial charge in [0.25, 0.3) is 0 Å². The molecule has 5 heteroatoms. The molecule has 2 aromatic rings. The number of nitrogens with one attached hydrogen (secondary N) is 1. The zero-order valence-electron chi connectivity index (χ0n) is 11.4. The van der Waals surface area contributed by atoms with Gasteiger partial charge in [-0.15, -0.1) is 0 Å². The molecule has 0 saturated carbocycles.